The first kappa shape index (κ1) is 13.6. The molecule has 20 heavy (non-hydrogen) atoms. The van der Waals surface area contributed by atoms with Crippen LogP contribution in [0, 0.1) is 18.8 Å². The largest absolute Gasteiger partial charge is 0.384 e. The number of aromatic nitrogens is 3. The standard InChI is InChI=1S/C14H12N4O2/c1-10-4-5-12(11(9-10)3-2-8-19)13(20)17-14-15-6-7-16-18-14/h4-7,9,19H,8H2,1H3,(H,15,17,18,20). The van der Waals surface area contributed by atoms with E-state index < -0.39 is 0 Å². The van der Waals surface area contributed by atoms with Gasteiger partial charge in [-0.2, -0.15) is 5.10 Å². The first-order chi connectivity index (χ1) is 9.70. The Bertz CT molecular complexity index is 675. The van der Waals surface area contributed by atoms with Crippen molar-refractivity contribution in [1.82, 2.24) is 15.2 Å². The van der Waals surface area contributed by atoms with Gasteiger partial charge >= 0.3 is 0 Å². The number of amides is 1. The molecule has 0 unspecified atom stereocenters. The Morgan fingerprint density at radius 3 is 2.95 bits per heavy atom. The lowest BCUT2D eigenvalue weighted by molar-refractivity contribution is 0.102. The van der Waals surface area contributed by atoms with E-state index in [-0.39, 0.29) is 18.5 Å². The van der Waals surface area contributed by atoms with E-state index in [2.05, 4.69) is 32.3 Å². The van der Waals surface area contributed by atoms with Crippen LogP contribution in [0.3, 0.4) is 0 Å². The van der Waals surface area contributed by atoms with Gasteiger partial charge in [-0.3, -0.25) is 10.1 Å². The number of carbonyl (C=O) groups excluding carboxylic acids is 1. The molecule has 2 aromatic rings. The SMILES string of the molecule is Cc1ccc(C(=O)Nc2nccnn2)c(C#CCO)c1. The van der Waals surface area contributed by atoms with Gasteiger partial charge in [0.25, 0.3) is 5.91 Å². The highest BCUT2D eigenvalue weighted by Crippen LogP contribution is 2.12. The van der Waals surface area contributed by atoms with Gasteiger partial charge in [-0.1, -0.05) is 17.9 Å². The predicted octanol–water partition coefficient (Wildman–Crippen LogP) is 0.776. The van der Waals surface area contributed by atoms with Gasteiger partial charge in [0, 0.05) is 5.56 Å². The number of anilines is 1. The fraction of sp³-hybridized carbons (Fsp3) is 0.143. The van der Waals surface area contributed by atoms with E-state index in [1.165, 1.54) is 12.4 Å². The third-order valence-electron chi connectivity index (χ3n) is 2.43. The molecule has 0 saturated carbocycles. The first-order valence-corrected chi connectivity index (χ1v) is 5.86. The highest BCUT2D eigenvalue weighted by molar-refractivity contribution is 6.05. The van der Waals surface area contributed by atoms with Crippen LogP contribution in [0.2, 0.25) is 0 Å². The molecule has 6 heteroatoms. The zero-order chi connectivity index (χ0) is 14.4. The molecule has 2 rings (SSSR count). The maximum atomic E-state index is 12.2. The monoisotopic (exact) mass is 268 g/mol. The van der Waals surface area contributed by atoms with Crippen molar-refractivity contribution >= 4 is 11.9 Å². The van der Waals surface area contributed by atoms with Gasteiger partial charge in [-0.15, -0.1) is 5.10 Å². The average molecular weight is 268 g/mol. The van der Waals surface area contributed by atoms with Crippen LogP contribution in [-0.2, 0) is 0 Å². The van der Waals surface area contributed by atoms with Crippen LogP contribution >= 0.6 is 0 Å². The lowest BCUT2D eigenvalue weighted by Crippen LogP contribution is -2.16. The Morgan fingerprint density at radius 2 is 2.25 bits per heavy atom. The van der Waals surface area contributed by atoms with E-state index in [1.54, 1.807) is 12.1 Å². The number of nitrogens with zero attached hydrogens (tertiary/aromatic N) is 3. The summed E-state index contributed by atoms with van der Waals surface area (Å²) in [6.07, 6.45) is 2.85. The lowest BCUT2D eigenvalue weighted by Gasteiger charge is -2.06. The van der Waals surface area contributed by atoms with Crippen molar-refractivity contribution in [3.8, 4) is 11.8 Å². The molecule has 0 aliphatic carbocycles. The van der Waals surface area contributed by atoms with Gasteiger partial charge in [-0.05, 0) is 24.6 Å². The van der Waals surface area contributed by atoms with E-state index >= 15 is 0 Å². The molecule has 1 aromatic heterocycles. The number of aryl methyl sites for hydroxylation is 1. The van der Waals surface area contributed by atoms with Crippen molar-refractivity contribution in [2.45, 2.75) is 6.92 Å². The fourth-order valence-electron chi connectivity index (χ4n) is 1.57. The smallest absolute Gasteiger partial charge is 0.259 e. The average Bonchev–Trinajstić information content (AvgIpc) is 2.46. The van der Waals surface area contributed by atoms with Crippen molar-refractivity contribution in [2.75, 3.05) is 11.9 Å². The maximum absolute atomic E-state index is 12.2. The van der Waals surface area contributed by atoms with Crippen molar-refractivity contribution in [3.05, 3.63) is 47.3 Å². The van der Waals surface area contributed by atoms with Crippen molar-refractivity contribution in [2.24, 2.45) is 0 Å². The number of nitrogens with one attached hydrogen (secondary N) is 1. The Hall–Kier alpha value is -2.78. The molecule has 1 heterocycles. The number of carbonyl (C=O) groups is 1. The fourth-order valence-corrected chi connectivity index (χ4v) is 1.57. The summed E-state index contributed by atoms with van der Waals surface area (Å²) < 4.78 is 0. The van der Waals surface area contributed by atoms with Crippen LogP contribution in [0.15, 0.2) is 30.6 Å². The molecule has 0 aliphatic heterocycles. The van der Waals surface area contributed by atoms with E-state index in [1.807, 2.05) is 13.0 Å². The third kappa shape index (κ3) is 3.37. The topological polar surface area (TPSA) is 88.0 Å². The minimum atomic E-state index is -0.375. The number of hydrogen-bond donors (Lipinski definition) is 2. The second-order valence-electron chi connectivity index (χ2n) is 3.93. The van der Waals surface area contributed by atoms with E-state index in [0.29, 0.717) is 11.1 Å². The highest BCUT2D eigenvalue weighted by atomic mass is 16.2. The predicted molar refractivity (Wildman–Crippen MR) is 72.9 cm³/mol. The Labute approximate surface area is 115 Å². The molecule has 0 saturated heterocycles. The Morgan fingerprint density at radius 1 is 1.40 bits per heavy atom. The van der Waals surface area contributed by atoms with Crippen molar-refractivity contribution < 1.29 is 9.90 Å². The third-order valence-corrected chi connectivity index (χ3v) is 2.43. The number of hydrogen-bond acceptors (Lipinski definition) is 5. The van der Waals surface area contributed by atoms with Crippen LogP contribution in [-0.4, -0.2) is 32.8 Å². The maximum Gasteiger partial charge on any atom is 0.259 e. The van der Waals surface area contributed by atoms with Gasteiger partial charge in [0.05, 0.1) is 18.0 Å². The zero-order valence-corrected chi connectivity index (χ0v) is 10.8. The van der Waals surface area contributed by atoms with Gasteiger partial charge in [0.1, 0.15) is 6.61 Å². The van der Waals surface area contributed by atoms with E-state index in [9.17, 15) is 4.79 Å². The van der Waals surface area contributed by atoms with Crippen LogP contribution in [0.5, 0.6) is 0 Å². The summed E-state index contributed by atoms with van der Waals surface area (Å²) in [5.41, 5.74) is 1.91. The molecular weight excluding hydrogens is 256 g/mol. The van der Waals surface area contributed by atoms with Crippen LogP contribution in [0.25, 0.3) is 0 Å². The van der Waals surface area contributed by atoms with Gasteiger partial charge < -0.3 is 5.11 Å². The molecule has 1 aromatic carbocycles. The molecule has 6 nitrogen and oxygen atoms in total. The highest BCUT2D eigenvalue weighted by Gasteiger charge is 2.11. The molecule has 0 atom stereocenters. The number of benzene rings is 1. The van der Waals surface area contributed by atoms with Crippen molar-refractivity contribution in [3.63, 3.8) is 0 Å². The van der Waals surface area contributed by atoms with Crippen LogP contribution < -0.4 is 5.32 Å². The number of aliphatic hydroxyl groups excluding tert-OH is 1. The summed E-state index contributed by atoms with van der Waals surface area (Å²) in [5, 5.41) is 18.6. The van der Waals surface area contributed by atoms with E-state index in [0.717, 1.165) is 5.56 Å². The number of rotatable bonds is 2. The zero-order valence-electron chi connectivity index (χ0n) is 10.8. The summed E-state index contributed by atoms with van der Waals surface area (Å²) in [6.45, 7) is 1.64. The minimum absolute atomic E-state index is 0.124. The summed E-state index contributed by atoms with van der Waals surface area (Å²) in [6, 6.07) is 5.26. The molecule has 0 bridgehead atoms. The second-order valence-corrected chi connectivity index (χ2v) is 3.93. The summed E-state index contributed by atoms with van der Waals surface area (Å²) in [7, 11) is 0. The minimum Gasteiger partial charge on any atom is -0.384 e. The molecule has 0 spiro atoms. The Balaban J connectivity index is 2.30. The first-order valence-electron chi connectivity index (χ1n) is 5.86. The van der Waals surface area contributed by atoms with Crippen LogP contribution in [0.4, 0.5) is 5.95 Å². The Kier molecular flexibility index (Phi) is 4.37. The summed E-state index contributed by atoms with van der Waals surface area (Å²) in [5.74, 6) is 5.04. The van der Waals surface area contributed by atoms with Crippen LogP contribution in [0.1, 0.15) is 21.5 Å². The summed E-state index contributed by atoms with van der Waals surface area (Å²) in [4.78, 5) is 16.0. The quantitative estimate of drug-likeness (QED) is 0.786. The second kappa shape index (κ2) is 6.41. The molecule has 100 valence electrons. The molecule has 0 aliphatic rings. The molecule has 0 radical (unpaired) electrons. The van der Waals surface area contributed by atoms with Gasteiger partial charge in [0.2, 0.25) is 5.95 Å². The van der Waals surface area contributed by atoms with Gasteiger partial charge in [0.15, 0.2) is 0 Å². The molecular formula is C14H12N4O2. The molecule has 1 amide bonds. The van der Waals surface area contributed by atoms with Crippen molar-refractivity contribution in [1.29, 1.82) is 0 Å². The van der Waals surface area contributed by atoms with E-state index in [4.69, 9.17) is 5.11 Å². The molecule has 2 N–H and O–H groups in total. The number of aliphatic hydroxyl groups is 1. The summed E-state index contributed by atoms with van der Waals surface area (Å²) >= 11 is 0. The lowest BCUT2D eigenvalue weighted by atomic mass is 10.0. The normalized spacial score (nSPS) is 9.50. The molecule has 0 fully saturated rings. The van der Waals surface area contributed by atoms with Gasteiger partial charge in [-0.25, -0.2) is 4.98 Å².